The lowest BCUT2D eigenvalue weighted by atomic mass is 9.95. The Morgan fingerprint density at radius 2 is 2.16 bits per heavy atom. The standard InChI is InChI=1S/C26H31N5O7/c1-4-7-21(31-13-6-8-19(26(31)36)29-24(34)20-14-16(3)38-30-20)25(35)28-18(9-10-22(32)37-5-2)15-17-11-12-27-23(17)33/h1,6,8,13-14,17-18,21H,5,7,9-12,15H2,2-3H3,(H,27,33)(H,28,35)(H,29,34). The average molecular weight is 526 g/mol. The van der Waals surface area contributed by atoms with Gasteiger partial charge in [0.05, 0.1) is 6.61 Å². The van der Waals surface area contributed by atoms with E-state index in [0.29, 0.717) is 25.1 Å². The highest BCUT2D eigenvalue weighted by Crippen LogP contribution is 2.20. The van der Waals surface area contributed by atoms with Gasteiger partial charge < -0.3 is 29.8 Å². The maximum absolute atomic E-state index is 13.4. The molecule has 1 saturated heterocycles. The van der Waals surface area contributed by atoms with E-state index in [-0.39, 0.29) is 49.1 Å². The molecule has 0 radical (unpaired) electrons. The summed E-state index contributed by atoms with van der Waals surface area (Å²) in [6.07, 6.45) is 8.04. The number of amides is 3. The van der Waals surface area contributed by atoms with Crippen molar-refractivity contribution in [2.75, 3.05) is 18.5 Å². The molecule has 3 atom stereocenters. The molecule has 202 valence electrons. The van der Waals surface area contributed by atoms with Crippen LogP contribution in [0.2, 0.25) is 0 Å². The second-order valence-corrected chi connectivity index (χ2v) is 8.90. The molecular weight excluding hydrogens is 494 g/mol. The molecule has 3 rings (SSSR count). The van der Waals surface area contributed by atoms with Gasteiger partial charge in [0.25, 0.3) is 11.5 Å². The first-order valence-electron chi connectivity index (χ1n) is 12.4. The first-order chi connectivity index (χ1) is 18.2. The molecule has 0 aromatic carbocycles. The summed E-state index contributed by atoms with van der Waals surface area (Å²) in [6.45, 7) is 4.10. The fourth-order valence-corrected chi connectivity index (χ4v) is 4.22. The number of esters is 1. The predicted molar refractivity (Wildman–Crippen MR) is 136 cm³/mol. The van der Waals surface area contributed by atoms with Gasteiger partial charge in [0, 0.05) is 43.6 Å². The summed E-state index contributed by atoms with van der Waals surface area (Å²) in [5.41, 5.74) is -0.722. The van der Waals surface area contributed by atoms with Crippen molar-refractivity contribution in [3.8, 4) is 12.3 Å². The Morgan fingerprint density at radius 3 is 2.79 bits per heavy atom. The number of terminal acetylenes is 1. The molecule has 0 spiro atoms. The molecule has 3 amide bonds. The third-order valence-corrected chi connectivity index (χ3v) is 6.11. The van der Waals surface area contributed by atoms with Crippen molar-refractivity contribution in [2.45, 2.75) is 58.0 Å². The van der Waals surface area contributed by atoms with E-state index in [9.17, 15) is 24.0 Å². The molecule has 0 bridgehead atoms. The number of hydrogen-bond donors (Lipinski definition) is 3. The van der Waals surface area contributed by atoms with Gasteiger partial charge in [0.2, 0.25) is 11.8 Å². The topological polar surface area (TPSA) is 162 Å². The number of aryl methyl sites for hydroxylation is 1. The normalized spacial score (nSPS) is 16.1. The van der Waals surface area contributed by atoms with Crippen LogP contribution in [0.5, 0.6) is 0 Å². The predicted octanol–water partition coefficient (Wildman–Crippen LogP) is 1.32. The molecule has 12 heteroatoms. The number of aromatic nitrogens is 2. The Hall–Kier alpha value is -4.40. The lowest BCUT2D eigenvalue weighted by Gasteiger charge is -2.24. The Bertz CT molecular complexity index is 1280. The highest BCUT2D eigenvalue weighted by Gasteiger charge is 2.30. The zero-order valence-corrected chi connectivity index (χ0v) is 21.3. The minimum absolute atomic E-state index is 0.00406. The number of rotatable bonds is 12. The van der Waals surface area contributed by atoms with Crippen molar-refractivity contribution >= 4 is 29.4 Å². The lowest BCUT2D eigenvalue weighted by Crippen LogP contribution is -2.43. The number of carbonyl (C=O) groups excluding carboxylic acids is 4. The van der Waals surface area contributed by atoms with Gasteiger partial charge in [-0.05, 0) is 45.2 Å². The molecular formula is C26H31N5O7. The van der Waals surface area contributed by atoms with Crippen molar-refractivity contribution < 1.29 is 28.4 Å². The van der Waals surface area contributed by atoms with Crippen LogP contribution < -0.4 is 21.5 Å². The van der Waals surface area contributed by atoms with Gasteiger partial charge in [-0.1, -0.05) is 5.16 Å². The number of anilines is 1. The first kappa shape index (κ1) is 28.2. The summed E-state index contributed by atoms with van der Waals surface area (Å²) in [7, 11) is 0. The molecule has 1 fully saturated rings. The van der Waals surface area contributed by atoms with Crippen LogP contribution in [0.25, 0.3) is 0 Å². The van der Waals surface area contributed by atoms with Crippen molar-refractivity contribution in [3.05, 3.63) is 46.2 Å². The zero-order chi connectivity index (χ0) is 27.7. The largest absolute Gasteiger partial charge is 0.466 e. The van der Waals surface area contributed by atoms with Gasteiger partial charge in [-0.2, -0.15) is 0 Å². The SMILES string of the molecule is C#CCC(C(=O)NC(CCC(=O)OCC)CC1CCNC1=O)n1cccc(NC(=O)c2cc(C)on2)c1=O. The molecule has 12 nitrogen and oxygen atoms in total. The minimum Gasteiger partial charge on any atom is -0.466 e. The van der Waals surface area contributed by atoms with E-state index in [1.807, 2.05) is 0 Å². The van der Waals surface area contributed by atoms with Crippen LogP contribution in [0, 0.1) is 25.2 Å². The van der Waals surface area contributed by atoms with Gasteiger partial charge in [0.15, 0.2) is 5.69 Å². The van der Waals surface area contributed by atoms with Gasteiger partial charge in [-0.15, -0.1) is 12.3 Å². The molecule has 1 aliphatic rings. The molecule has 1 aliphatic heterocycles. The summed E-state index contributed by atoms with van der Waals surface area (Å²) in [5, 5.41) is 11.7. The summed E-state index contributed by atoms with van der Waals surface area (Å²) in [4.78, 5) is 63.1. The van der Waals surface area contributed by atoms with E-state index in [1.165, 1.54) is 24.4 Å². The Labute approximate surface area is 219 Å². The highest BCUT2D eigenvalue weighted by atomic mass is 16.5. The van der Waals surface area contributed by atoms with Crippen LogP contribution in [0.4, 0.5) is 5.69 Å². The molecule has 0 saturated carbocycles. The van der Waals surface area contributed by atoms with E-state index in [4.69, 9.17) is 15.7 Å². The number of ether oxygens (including phenoxy) is 1. The van der Waals surface area contributed by atoms with Crippen LogP contribution >= 0.6 is 0 Å². The average Bonchev–Trinajstić information content (AvgIpc) is 3.50. The quantitative estimate of drug-likeness (QED) is 0.276. The van der Waals surface area contributed by atoms with E-state index in [0.717, 1.165) is 4.57 Å². The Morgan fingerprint density at radius 1 is 1.37 bits per heavy atom. The number of pyridine rings is 1. The van der Waals surface area contributed by atoms with Gasteiger partial charge in [-0.25, -0.2) is 0 Å². The highest BCUT2D eigenvalue weighted by molar-refractivity contribution is 6.02. The Kier molecular flexibility index (Phi) is 9.81. The van der Waals surface area contributed by atoms with Crippen LogP contribution in [0.15, 0.2) is 33.7 Å². The maximum atomic E-state index is 13.4. The van der Waals surface area contributed by atoms with Gasteiger partial charge in [-0.3, -0.25) is 24.0 Å². The summed E-state index contributed by atoms with van der Waals surface area (Å²) >= 11 is 0. The third-order valence-electron chi connectivity index (χ3n) is 6.11. The van der Waals surface area contributed by atoms with Gasteiger partial charge in [0.1, 0.15) is 17.5 Å². The summed E-state index contributed by atoms with van der Waals surface area (Å²) < 4.78 is 11.0. The van der Waals surface area contributed by atoms with Crippen LogP contribution in [0.3, 0.4) is 0 Å². The van der Waals surface area contributed by atoms with Crippen LogP contribution in [0.1, 0.15) is 61.3 Å². The van der Waals surface area contributed by atoms with E-state index in [2.05, 4.69) is 27.0 Å². The van der Waals surface area contributed by atoms with Crippen LogP contribution in [-0.2, 0) is 19.1 Å². The van der Waals surface area contributed by atoms with Crippen LogP contribution in [-0.4, -0.2) is 52.6 Å². The first-order valence-corrected chi connectivity index (χ1v) is 12.4. The third kappa shape index (κ3) is 7.32. The minimum atomic E-state index is -1.10. The molecule has 3 N–H and O–H groups in total. The van der Waals surface area contributed by atoms with Crippen molar-refractivity contribution in [3.63, 3.8) is 0 Å². The number of nitrogens with zero attached hydrogens (tertiary/aromatic N) is 2. The summed E-state index contributed by atoms with van der Waals surface area (Å²) in [5.74, 6) is 0.816. The number of carbonyl (C=O) groups is 4. The fraction of sp³-hybridized carbons (Fsp3) is 0.462. The smallest absolute Gasteiger partial charge is 0.305 e. The monoisotopic (exact) mass is 525 g/mol. The van der Waals surface area contributed by atoms with Crippen molar-refractivity contribution in [1.82, 2.24) is 20.4 Å². The summed E-state index contributed by atoms with van der Waals surface area (Å²) in [6, 6.07) is 2.70. The number of nitrogens with one attached hydrogen (secondary N) is 3. The molecule has 2 aromatic rings. The molecule has 3 unspecified atom stereocenters. The second kappa shape index (κ2) is 13.2. The van der Waals surface area contributed by atoms with E-state index >= 15 is 0 Å². The fourth-order valence-electron chi connectivity index (χ4n) is 4.22. The van der Waals surface area contributed by atoms with Crippen molar-refractivity contribution in [1.29, 1.82) is 0 Å². The molecule has 3 heterocycles. The second-order valence-electron chi connectivity index (χ2n) is 8.90. The Balaban J connectivity index is 1.79. The van der Waals surface area contributed by atoms with E-state index < -0.39 is 35.4 Å². The maximum Gasteiger partial charge on any atom is 0.305 e. The van der Waals surface area contributed by atoms with E-state index in [1.54, 1.807) is 13.8 Å². The zero-order valence-electron chi connectivity index (χ0n) is 21.3. The van der Waals surface area contributed by atoms with Crippen molar-refractivity contribution in [2.24, 2.45) is 5.92 Å². The molecule has 38 heavy (non-hydrogen) atoms. The number of hydrogen-bond acceptors (Lipinski definition) is 8. The van der Waals surface area contributed by atoms with Gasteiger partial charge >= 0.3 is 5.97 Å². The molecule has 2 aromatic heterocycles. The molecule has 0 aliphatic carbocycles. The lowest BCUT2D eigenvalue weighted by molar-refractivity contribution is -0.143.